The number of benzene rings is 2. The molecule has 0 aromatic heterocycles. The van der Waals surface area contributed by atoms with Gasteiger partial charge in [-0.15, -0.1) is 12.2 Å². The molecule has 2 aromatic rings. The molecule has 0 saturated heterocycles. The molecule has 158 valence electrons. The highest BCUT2D eigenvalue weighted by atomic mass is 16.5. The Hall–Kier alpha value is -2.04. The second-order valence-corrected chi connectivity index (χ2v) is 8.04. The number of anilines is 1. The van der Waals surface area contributed by atoms with Crippen LogP contribution in [0.3, 0.4) is 0 Å². The van der Waals surface area contributed by atoms with Crippen molar-refractivity contribution in [2.24, 2.45) is 0 Å². The largest absolute Gasteiger partial charge is 0.851 e. The molecular formula is C25H33NO3-2. The van der Waals surface area contributed by atoms with Crippen LogP contribution in [0.15, 0.2) is 48.5 Å². The van der Waals surface area contributed by atoms with Gasteiger partial charge in [0.1, 0.15) is 5.75 Å². The van der Waals surface area contributed by atoms with E-state index in [2.05, 4.69) is 30.9 Å². The van der Waals surface area contributed by atoms with Crippen LogP contribution < -0.4 is 19.8 Å². The standard InChI is InChI=1S/C25H33NO3/c1-4-6-16-26(17-7-5-2)20-12-8-18(9-13-20)22-24(27)23(25(22)28)19-10-14-21(29-3)15-11-19/h8-15,22-25H,4-7,16-17H2,1-3H3/q-2. The molecule has 29 heavy (non-hydrogen) atoms. The fourth-order valence-corrected chi connectivity index (χ4v) is 4.24. The van der Waals surface area contributed by atoms with Crippen molar-refractivity contribution in [1.82, 2.24) is 0 Å². The van der Waals surface area contributed by atoms with Gasteiger partial charge in [0.2, 0.25) is 0 Å². The molecule has 0 bridgehead atoms. The first-order valence-corrected chi connectivity index (χ1v) is 10.9. The molecule has 2 unspecified atom stereocenters. The van der Waals surface area contributed by atoms with Gasteiger partial charge in [-0.05, 0) is 60.1 Å². The molecule has 0 amide bonds. The van der Waals surface area contributed by atoms with Gasteiger partial charge in [-0.1, -0.05) is 51.0 Å². The average molecular weight is 396 g/mol. The molecule has 1 fully saturated rings. The monoisotopic (exact) mass is 395 g/mol. The summed E-state index contributed by atoms with van der Waals surface area (Å²) in [6.45, 7) is 6.51. The summed E-state index contributed by atoms with van der Waals surface area (Å²) in [5.41, 5.74) is 2.89. The molecule has 2 atom stereocenters. The fraction of sp³-hybridized carbons (Fsp3) is 0.520. The maximum atomic E-state index is 12.9. The van der Waals surface area contributed by atoms with E-state index in [0.29, 0.717) is 0 Å². The first-order chi connectivity index (χ1) is 14.1. The number of rotatable bonds is 10. The normalized spacial score (nSPS) is 23.5. The maximum absolute atomic E-state index is 12.9. The van der Waals surface area contributed by atoms with E-state index in [9.17, 15) is 10.2 Å². The van der Waals surface area contributed by atoms with Crippen LogP contribution in [0.2, 0.25) is 0 Å². The molecule has 0 N–H and O–H groups in total. The molecular weight excluding hydrogens is 362 g/mol. The molecule has 0 heterocycles. The first-order valence-electron chi connectivity index (χ1n) is 10.9. The summed E-state index contributed by atoms with van der Waals surface area (Å²) >= 11 is 0. The number of ether oxygens (including phenoxy) is 1. The molecule has 0 spiro atoms. The van der Waals surface area contributed by atoms with Gasteiger partial charge in [0, 0.05) is 18.8 Å². The van der Waals surface area contributed by atoms with Crippen LogP contribution in [0.25, 0.3) is 0 Å². The Morgan fingerprint density at radius 1 is 0.759 bits per heavy atom. The number of hydrogen-bond donors (Lipinski definition) is 0. The molecule has 0 radical (unpaired) electrons. The lowest BCUT2D eigenvalue weighted by Crippen LogP contribution is -2.63. The molecule has 4 heteroatoms. The van der Waals surface area contributed by atoms with Crippen molar-refractivity contribution < 1.29 is 14.9 Å². The minimum Gasteiger partial charge on any atom is -0.851 e. The van der Waals surface area contributed by atoms with Gasteiger partial charge in [0.05, 0.1) is 7.11 Å². The average Bonchev–Trinajstić information content (AvgIpc) is 2.75. The van der Waals surface area contributed by atoms with E-state index in [0.717, 1.165) is 30.0 Å². The summed E-state index contributed by atoms with van der Waals surface area (Å²) in [7, 11) is 1.61. The smallest absolute Gasteiger partial charge is 0.118 e. The van der Waals surface area contributed by atoms with Crippen molar-refractivity contribution in [2.45, 2.75) is 63.6 Å². The Morgan fingerprint density at radius 2 is 1.21 bits per heavy atom. The second kappa shape index (κ2) is 10.1. The maximum Gasteiger partial charge on any atom is 0.118 e. The number of methoxy groups -OCH3 is 1. The Bertz CT molecular complexity index is 726. The van der Waals surface area contributed by atoms with Gasteiger partial charge in [0.25, 0.3) is 0 Å². The molecule has 1 aliphatic carbocycles. The van der Waals surface area contributed by atoms with E-state index < -0.39 is 24.0 Å². The summed E-state index contributed by atoms with van der Waals surface area (Å²) in [5.74, 6) is -0.201. The summed E-state index contributed by atoms with van der Waals surface area (Å²) in [6.07, 6.45) is 2.89. The number of unbranched alkanes of at least 4 members (excludes halogenated alkanes) is 2. The van der Waals surface area contributed by atoms with Crippen LogP contribution >= 0.6 is 0 Å². The van der Waals surface area contributed by atoms with Crippen LogP contribution in [0.4, 0.5) is 5.69 Å². The minimum atomic E-state index is -0.895. The van der Waals surface area contributed by atoms with Crippen LogP contribution in [-0.2, 0) is 0 Å². The van der Waals surface area contributed by atoms with Gasteiger partial charge in [0.15, 0.2) is 0 Å². The quantitative estimate of drug-likeness (QED) is 0.618. The van der Waals surface area contributed by atoms with Crippen molar-refractivity contribution in [3.05, 3.63) is 59.7 Å². The van der Waals surface area contributed by atoms with E-state index in [1.54, 1.807) is 7.11 Å². The first kappa shape index (κ1) is 21.7. The summed E-state index contributed by atoms with van der Waals surface area (Å²) in [5, 5.41) is 25.7. The Labute approximate surface area is 175 Å². The predicted molar refractivity (Wildman–Crippen MR) is 115 cm³/mol. The number of hydrogen-bond acceptors (Lipinski definition) is 4. The zero-order valence-corrected chi connectivity index (χ0v) is 17.8. The zero-order valence-electron chi connectivity index (χ0n) is 17.8. The lowest BCUT2D eigenvalue weighted by atomic mass is 9.63. The Balaban J connectivity index is 1.69. The van der Waals surface area contributed by atoms with Gasteiger partial charge in [-0.25, -0.2) is 0 Å². The molecule has 2 aromatic carbocycles. The van der Waals surface area contributed by atoms with Gasteiger partial charge in [-0.2, -0.15) is 0 Å². The summed E-state index contributed by atoms with van der Waals surface area (Å²) in [6, 6.07) is 15.5. The summed E-state index contributed by atoms with van der Waals surface area (Å²) in [4.78, 5) is 2.42. The highest BCUT2D eigenvalue weighted by Gasteiger charge is 2.38. The van der Waals surface area contributed by atoms with Crippen molar-refractivity contribution in [3.8, 4) is 5.75 Å². The van der Waals surface area contributed by atoms with Crippen LogP contribution in [-0.4, -0.2) is 32.4 Å². The number of nitrogens with zero attached hydrogens (tertiary/aromatic N) is 1. The second-order valence-electron chi connectivity index (χ2n) is 8.04. The van der Waals surface area contributed by atoms with Crippen molar-refractivity contribution in [2.75, 3.05) is 25.1 Å². The molecule has 1 saturated carbocycles. The van der Waals surface area contributed by atoms with Crippen molar-refractivity contribution >= 4 is 5.69 Å². The molecule has 3 rings (SSSR count). The van der Waals surface area contributed by atoms with E-state index in [-0.39, 0.29) is 0 Å². The third-order valence-corrected chi connectivity index (χ3v) is 6.12. The van der Waals surface area contributed by atoms with Crippen LogP contribution in [0.5, 0.6) is 5.75 Å². The van der Waals surface area contributed by atoms with Gasteiger partial charge in [-0.3, -0.25) is 0 Å². The zero-order chi connectivity index (χ0) is 20.8. The predicted octanol–water partition coefficient (Wildman–Crippen LogP) is 3.44. The van der Waals surface area contributed by atoms with Crippen LogP contribution in [0, 0.1) is 0 Å². The topological polar surface area (TPSA) is 58.6 Å². The molecule has 4 nitrogen and oxygen atoms in total. The molecule has 0 aliphatic heterocycles. The Morgan fingerprint density at radius 3 is 1.62 bits per heavy atom. The van der Waals surface area contributed by atoms with E-state index in [1.165, 1.54) is 31.4 Å². The third-order valence-electron chi connectivity index (χ3n) is 6.12. The lowest BCUT2D eigenvalue weighted by molar-refractivity contribution is -0.536. The van der Waals surface area contributed by atoms with Crippen molar-refractivity contribution in [3.63, 3.8) is 0 Å². The Kier molecular flexibility index (Phi) is 7.57. The van der Waals surface area contributed by atoms with E-state index in [1.807, 2.05) is 36.4 Å². The van der Waals surface area contributed by atoms with E-state index >= 15 is 0 Å². The SMILES string of the molecule is CCCCN(CCCC)c1ccc(C2C([O-])C(c3ccc(OC)cc3)C2[O-])cc1. The van der Waals surface area contributed by atoms with Crippen LogP contribution in [0.1, 0.15) is 62.5 Å². The van der Waals surface area contributed by atoms with Crippen molar-refractivity contribution in [1.29, 1.82) is 0 Å². The lowest BCUT2D eigenvalue weighted by Gasteiger charge is -2.61. The van der Waals surface area contributed by atoms with Gasteiger partial charge < -0.3 is 19.8 Å². The molecule has 1 aliphatic rings. The van der Waals surface area contributed by atoms with E-state index in [4.69, 9.17) is 4.74 Å². The third kappa shape index (κ3) is 4.76. The minimum absolute atomic E-state index is 0.462. The van der Waals surface area contributed by atoms with Gasteiger partial charge >= 0.3 is 0 Å². The summed E-state index contributed by atoms with van der Waals surface area (Å²) < 4.78 is 5.16. The highest BCUT2D eigenvalue weighted by molar-refractivity contribution is 5.49. The fourth-order valence-electron chi connectivity index (χ4n) is 4.24. The highest BCUT2D eigenvalue weighted by Crippen LogP contribution is 2.45.